The lowest BCUT2D eigenvalue weighted by Gasteiger charge is -2.36. The van der Waals surface area contributed by atoms with Crippen molar-refractivity contribution >= 4 is 17.7 Å². The highest BCUT2D eigenvalue weighted by atomic mass is 32.2. The molecular weight excluding hydrogens is 403 g/mol. The second-order valence-electron chi connectivity index (χ2n) is 7.06. The van der Waals surface area contributed by atoms with E-state index < -0.39 is 12.8 Å². The average Bonchev–Trinajstić information content (AvgIpc) is 2.69. The Kier molecular flexibility index (Phi) is 8.95. The van der Waals surface area contributed by atoms with Crippen molar-refractivity contribution in [2.45, 2.75) is 44.2 Å². The van der Waals surface area contributed by atoms with E-state index in [1.165, 1.54) is 0 Å². The van der Waals surface area contributed by atoms with Crippen molar-refractivity contribution in [3.8, 4) is 5.75 Å². The highest BCUT2D eigenvalue weighted by molar-refractivity contribution is 8.00. The van der Waals surface area contributed by atoms with E-state index in [2.05, 4.69) is 21.9 Å². The van der Waals surface area contributed by atoms with Gasteiger partial charge in [-0.15, -0.1) is 0 Å². The molecule has 1 heterocycles. The van der Waals surface area contributed by atoms with Crippen LogP contribution in [0.25, 0.3) is 0 Å². The van der Waals surface area contributed by atoms with Crippen LogP contribution in [0.5, 0.6) is 5.75 Å². The summed E-state index contributed by atoms with van der Waals surface area (Å²) in [5.41, 5.74) is 1.45. The zero-order valence-corrected chi connectivity index (χ0v) is 18.0. The van der Waals surface area contributed by atoms with Gasteiger partial charge >= 0.3 is 6.18 Å². The fourth-order valence-corrected chi connectivity index (χ4v) is 3.83. The Hall–Kier alpha value is -1.61. The van der Waals surface area contributed by atoms with E-state index in [4.69, 9.17) is 9.47 Å². The highest BCUT2D eigenvalue weighted by Gasteiger charge is 2.32. The first kappa shape index (κ1) is 23.7. The summed E-state index contributed by atoms with van der Waals surface area (Å²) in [6.07, 6.45) is -0.341. The van der Waals surface area contributed by atoms with Gasteiger partial charge in [0, 0.05) is 36.6 Å². The van der Waals surface area contributed by atoms with Crippen LogP contribution in [0.3, 0.4) is 0 Å². The van der Waals surface area contributed by atoms with Gasteiger partial charge in [-0.25, -0.2) is 4.99 Å². The predicted molar refractivity (Wildman–Crippen MR) is 112 cm³/mol. The lowest BCUT2D eigenvalue weighted by Crippen LogP contribution is -2.47. The van der Waals surface area contributed by atoms with E-state index in [0.29, 0.717) is 18.1 Å². The van der Waals surface area contributed by atoms with Crippen molar-refractivity contribution in [3.63, 3.8) is 0 Å². The molecule has 0 atom stereocenters. The molecule has 0 amide bonds. The fourth-order valence-electron chi connectivity index (χ4n) is 3.03. The predicted octanol–water partition coefficient (Wildman–Crippen LogP) is 3.90. The summed E-state index contributed by atoms with van der Waals surface area (Å²) >= 11 is 1.83. The van der Waals surface area contributed by atoms with Crippen molar-refractivity contribution in [1.82, 2.24) is 10.6 Å². The van der Waals surface area contributed by atoms with Crippen molar-refractivity contribution in [3.05, 3.63) is 29.3 Å². The molecule has 1 saturated heterocycles. The number of halogens is 3. The Balaban J connectivity index is 2.07. The van der Waals surface area contributed by atoms with Crippen molar-refractivity contribution < 1.29 is 22.6 Å². The number of aryl methyl sites for hydroxylation is 1. The highest BCUT2D eigenvalue weighted by Crippen LogP contribution is 2.33. The number of alkyl halides is 3. The molecule has 5 nitrogen and oxygen atoms in total. The molecule has 1 aliphatic heterocycles. The number of thioether (sulfide) groups is 1. The van der Waals surface area contributed by atoms with E-state index in [0.717, 1.165) is 38.2 Å². The van der Waals surface area contributed by atoms with E-state index in [9.17, 15) is 13.2 Å². The maximum Gasteiger partial charge on any atom is 0.422 e. The Bertz CT molecular complexity index is 677. The second-order valence-corrected chi connectivity index (χ2v) is 8.34. The molecule has 0 spiro atoms. The number of hydrogen-bond donors (Lipinski definition) is 2. The number of guanidine groups is 1. The molecule has 0 unspecified atom stereocenters. The zero-order valence-electron chi connectivity index (χ0n) is 17.2. The standard InChI is InChI=1S/C20H30F3N3O2S/c1-4-24-18(26-13-19(29-3)7-9-27-10-8-19)25-12-16-6-5-15(2)11-17(16)28-14-20(21,22)23/h5-6,11H,4,7-10,12-14H2,1-3H3,(H2,24,25,26). The lowest BCUT2D eigenvalue weighted by molar-refractivity contribution is -0.153. The minimum absolute atomic E-state index is 0.0965. The van der Waals surface area contributed by atoms with Crippen LogP contribution in [-0.2, 0) is 11.3 Å². The van der Waals surface area contributed by atoms with Gasteiger partial charge in [-0.05, 0) is 44.6 Å². The quantitative estimate of drug-likeness (QED) is 0.481. The third-order valence-corrected chi connectivity index (χ3v) is 6.20. The first-order chi connectivity index (χ1) is 13.8. The molecule has 29 heavy (non-hydrogen) atoms. The summed E-state index contributed by atoms with van der Waals surface area (Å²) in [6.45, 7) is 5.62. The van der Waals surface area contributed by atoms with Gasteiger partial charge in [0.2, 0.25) is 0 Å². The zero-order chi connectivity index (χ0) is 21.3. The second kappa shape index (κ2) is 11.0. The van der Waals surface area contributed by atoms with Gasteiger partial charge in [-0.1, -0.05) is 12.1 Å². The fraction of sp³-hybridized carbons (Fsp3) is 0.650. The molecule has 0 saturated carbocycles. The first-order valence-electron chi connectivity index (χ1n) is 9.71. The number of aliphatic imine (C=N–C) groups is 1. The number of ether oxygens (including phenoxy) is 2. The van der Waals surface area contributed by atoms with Crippen LogP contribution >= 0.6 is 11.8 Å². The Morgan fingerprint density at radius 2 is 2.00 bits per heavy atom. The molecule has 1 aromatic carbocycles. The van der Waals surface area contributed by atoms with E-state index in [1.807, 2.05) is 31.7 Å². The minimum Gasteiger partial charge on any atom is -0.484 e. The molecule has 0 aromatic heterocycles. The molecule has 2 rings (SSSR count). The van der Waals surface area contributed by atoms with E-state index in [1.54, 1.807) is 12.1 Å². The summed E-state index contributed by atoms with van der Waals surface area (Å²) in [7, 11) is 0. The van der Waals surface area contributed by atoms with Crippen molar-refractivity contribution in [2.24, 2.45) is 4.99 Å². The number of hydrogen-bond acceptors (Lipinski definition) is 4. The molecule has 0 aliphatic carbocycles. The normalized spacial score (nSPS) is 17.1. The van der Waals surface area contributed by atoms with Gasteiger partial charge in [0.15, 0.2) is 12.6 Å². The van der Waals surface area contributed by atoms with E-state index in [-0.39, 0.29) is 17.0 Å². The van der Waals surface area contributed by atoms with Crippen LogP contribution in [0.4, 0.5) is 13.2 Å². The maximum absolute atomic E-state index is 12.6. The SMILES string of the molecule is CCNC(=NCc1ccc(C)cc1OCC(F)(F)F)NCC1(SC)CCOCC1. The van der Waals surface area contributed by atoms with Crippen molar-refractivity contribution in [2.75, 3.05) is 39.2 Å². The molecule has 2 N–H and O–H groups in total. The summed E-state index contributed by atoms with van der Waals surface area (Å²) in [5, 5.41) is 6.58. The number of benzene rings is 1. The van der Waals surface area contributed by atoms with Crippen LogP contribution in [0.2, 0.25) is 0 Å². The van der Waals surface area contributed by atoms with Gasteiger partial charge in [0.1, 0.15) is 5.75 Å². The van der Waals surface area contributed by atoms with Crippen LogP contribution in [-0.4, -0.2) is 56.0 Å². The molecular formula is C20H30F3N3O2S. The first-order valence-corrected chi connectivity index (χ1v) is 10.9. The summed E-state index contributed by atoms with van der Waals surface area (Å²) in [4.78, 5) is 4.56. The molecule has 164 valence electrons. The lowest BCUT2D eigenvalue weighted by atomic mass is 9.99. The van der Waals surface area contributed by atoms with Crippen LogP contribution < -0.4 is 15.4 Å². The third kappa shape index (κ3) is 7.97. The minimum atomic E-state index is -4.38. The van der Waals surface area contributed by atoms with Gasteiger partial charge in [-0.3, -0.25) is 0 Å². The number of rotatable bonds is 8. The van der Waals surface area contributed by atoms with Crippen molar-refractivity contribution in [1.29, 1.82) is 0 Å². The van der Waals surface area contributed by atoms with Gasteiger partial charge in [0.25, 0.3) is 0 Å². The summed E-state index contributed by atoms with van der Waals surface area (Å²) in [5.74, 6) is 0.849. The van der Waals surface area contributed by atoms with Crippen LogP contribution in [0.15, 0.2) is 23.2 Å². The van der Waals surface area contributed by atoms with Crippen LogP contribution in [0, 0.1) is 6.92 Å². The number of nitrogens with zero attached hydrogens (tertiary/aromatic N) is 1. The molecule has 1 fully saturated rings. The smallest absolute Gasteiger partial charge is 0.422 e. The van der Waals surface area contributed by atoms with Gasteiger partial charge in [0.05, 0.1) is 6.54 Å². The molecule has 0 bridgehead atoms. The van der Waals surface area contributed by atoms with Gasteiger partial charge in [-0.2, -0.15) is 24.9 Å². The topological polar surface area (TPSA) is 54.9 Å². The summed E-state index contributed by atoms with van der Waals surface area (Å²) < 4.78 is 48.2. The molecule has 0 radical (unpaired) electrons. The third-order valence-electron chi connectivity index (χ3n) is 4.78. The number of nitrogens with one attached hydrogen (secondary N) is 2. The molecule has 1 aliphatic rings. The average molecular weight is 434 g/mol. The van der Waals surface area contributed by atoms with E-state index >= 15 is 0 Å². The Morgan fingerprint density at radius 3 is 2.62 bits per heavy atom. The monoisotopic (exact) mass is 433 g/mol. The summed E-state index contributed by atoms with van der Waals surface area (Å²) in [6, 6.07) is 5.22. The molecule has 9 heteroatoms. The largest absolute Gasteiger partial charge is 0.484 e. The Morgan fingerprint density at radius 1 is 1.28 bits per heavy atom. The molecule has 1 aromatic rings. The van der Waals surface area contributed by atoms with Crippen LogP contribution in [0.1, 0.15) is 30.9 Å². The Labute approximate surface area is 174 Å². The maximum atomic E-state index is 12.6. The van der Waals surface area contributed by atoms with Gasteiger partial charge < -0.3 is 20.1 Å².